The molecule has 106 valence electrons. The largest absolute Gasteiger partial charge is 0.379 e. The molecular weight excluding hydrogens is 248 g/mol. The van der Waals surface area contributed by atoms with E-state index in [9.17, 15) is 8.78 Å². The first-order valence-corrected chi connectivity index (χ1v) is 6.90. The monoisotopic (exact) mass is 269 g/mol. The molecule has 2 rings (SSSR count). The van der Waals surface area contributed by atoms with Gasteiger partial charge in [-0.25, -0.2) is 8.78 Å². The summed E-state index contributed by atoms with van der Waals surface area (Å²) >= 11 is 0. The number of halogens is 2. The highest BCUT2D eigenvalue weighted by Gasteiger charge is 2.16. The summed E-state index contributed by atoms with van der Waals surface area (Å²) in [5, 5.41) is 0. The summed E-state index contributed by atoms with van der Waals surface area (Å²) < 4.78 is 32.8. The first kappa shape index (κ1) is 14.4. The molecule has 1 aliphatic heterocycles. The van der Waals surface area contributed by atoms with E-state index in [0.29, 0.717) is 24.0 Å². The predicted octanol–water partition coefficient (Wildman–Crippen LogP) is 3.53. The van der Waals surface area contributed by atoms with Crippen molar-refractivity contribution in [1.82, 2.24) is 4.90 Å². The van der Waals surface area contributed by atoms with Gasteiger partial charge in [0.2, 0.25) is 0 Å². The molecule has 1 heterocycles. The van der Waals surface area contributed by atoms with Crippen molar-refractivity contribution in [2.45, 2.75) is 26.2 Å². The molecule has 0 spiro atoms. The zero-order chi connectivity index (χ0) is 13.7. The lowest BCUT2D eigenvalue weighted by molar-refractivity contribution is 0.0374. The van der Waals surface area contributed by atoms with Crippen LogP contribution in [0, 0.1) is 0 Å². The van der Waals surface area contributed by atoms with Crippen molar-refractivity contribution < 1.29 is 13.5 Å². The van der Waals surface area contributed by atoms with Crippen LogP contribution >= 0.6 is 0 Å². The van der Waals surface area contributed by atoms with Gasteiger partial charge < -0.3 is 4.74 Å². The summed E-state index contributed by atoms with van der Waals surface area (Å²) in [6, 6.07) is 0. The molecule has 1 aliphatic carbocycles. The second-order valence-corrected chi connectivity index (χ2v) is 5.04. The van der Waals surface area contributed by atoms with Crippen LogP contribution in [0.25, 0.3) is 0 Å². The van der Waals surface area contributed by atoms with E-state index < -0.39 is 11.7 Å². The molecule has 0 amide bonds. The van der Waals surface area contributed by atoms with E-state index >= 15 is 0 Å². The summed E-state index contributed by atoms with van der Waals surface area (Å²) in [7, 11) is 0. The molecule has 0 N–H and O–H groups in total. The Labute approximate surface area is 113 Å². The van der Waals surface area contributed by atoms with Crippen LogP contribution in [0.5, 0.6) is 0 Å². The molecule has 0 bridgehead atoms. The fraction of sp³-hybridized carbons (Fsp3) is 0.600. The van der Waals surface area contributed by atoms with Gasteiger partial charge in [0.15, 0.2) is 11.7 Å². The van der Waals surface area contributed by atoms with Crippen LogP contribution in [0.4, 0.5) is 8.78 Å². The normalized spacial score (nSPS) is 22.1. The minimum Gasteiger partial charge on any atom is -0.379 e. The van der Waals surface area contributed by atoms with E-state index in [-0.39, 0.29) is 0 Å². The lowest BCUT2D eigenvalue weighted by Gasteiger charge is -2.26. The van der Waals surface area contributed by atoms with Gasteiger partial charge in [-0.05, 0) is 43.9 Å². The number of nitrogens with zero attached hydrogens (tertiary/aromatic N) is 1. The quantitative estimate of drug-likeness (QED) is 0.774. The summed E-state index contributed by atoms with van der Waals surface area (Å²) in [6.45, 7) is 5.95. The third kappa shape index (κ3) is 3.98. The van der Waals surface area contributed by atoms with Crippen molar-refractivity contribution >= 4 is 0 Å². The molecule has 0 saturated carbocycles. The van der Waals surface area contributed by atoms with E-state index in [0.717, 1.165) is 39.3 Å². The average molecular weight is 269 g/mol. The third-order valence-corrected chi connectivity index (χ3v) is 3.63. The Bertz CT molecular complexity index is 406. The SMILES string of the molecule is CC1=CCC=C(CCCN2CCOCC2)C(F)=C1F. The van der Waals surface area contributed by atoms with Gasteiger partial charge in [0.1, 0.15) is 0 Å². The molecular formula is C15H21F2NO. The van der Waals surface area contributed by atoms with Crippen LogP contribution in [0.3, 0.4) is 0 Å². The van der Waals surface area contributed by atoms with Gasteiger partial charge in [0.25, 0.3) is 0 Å². The van der Waals surface area contributed by atoms with Gasteiger partial charge in [-0.15, -0.1) is 0 Å². The molecule has 19 heavy (non-hydrogen) atoms. The van der Waals surface area contributed by atoms with Crippen molar-refractivity contribution in [2.24, 2.45) is 0 Å². The summed E-state index contributed by atoms with van der Waals surface area (Å²) in [5.41, 5.74) is 0.913. The van der Waals surface area contributed by atoms with E-state index in [4.69, 9.17) is 4.74 Å². The first-order chi connectivity index (χ1) is 9.18. The summed E-state index contributed by atoms with van der Waals surface area (Å²) in [5.74, 6) is -1.37. The van der Waals surface area contributed by atoms with Crippen LogP contribution in [-0.2, 0) is 4.74 Å². The fourth-order valence-corrected chi connectivity index (χ4v) is 2.40. The Balaban J connectivity index is 1.84. The highest BCUT2D eigenvalue weighted by atomic mass is 19.2. The van der Waals surface area contributed by atoms with Crippen molar-refractivity contribution in [3.63, 3.8) is 0 Å². The van der Waals surface area contributed by atoms with E-state index in [1.807, 2.05) is 0 Å². The molecule has 0 atom stereocenters. The van der Waals surface area contributed by atoms with Gasteiger partial charge in [-0.1, -0.05) is 12.2 Å². The smallest absolute Gasteiger partial charge is 0.161 e. The van der Waals surface area contributed by atoms with Crippen LogP contribution in [0.15, 0.2) is 35.0 Å². The minimum absolute atomic E-state index is 0.400. The van der Waals surface area contributed by atoms with Crippen LogP contribution in [0.2, 0.25) is 0 Å². The molecule has 1 saturated heterocycles. The van der Waals surface area contributed by atoms with Gasteiger partial charge in [0.05, 0.1) is 13.2 Å². The maximum atomic E-state index is 13.9. The van der Waals surface area contributed by atoms with Crippen LogP contribution in [0.1, 0.15) is 26.2 Å². The predicted molar refractivity (Wildman–Crippen MR) is 72.2 cm³/mol. The zero-order valence-corrected chi connectivity index (χ0v) is 11.4. The second-order valence-electron chi connectivity index (χ2n) is 5.04. The highest BCUT2D eigenvalue weighted by molar-refractivity contribution is 5.39. The fourth-order valence-electron chi connectivity index (χ4n) is 2.40. The summed E-state index contributed by atoms with van der Waals surface area (Å²) in [6.07, 6.45) is 5.58. The lowest BCUT2D eigenvalue weighted by atomic mass is 10.1. The maximum absolute atomic E-state index is 13.9. The average Bonchev–Trinajstić information content (AvgIpc) is 2.55. The van der Waals surface area contributed by atoms with E-state index in [2.05, 4.69) is 4.90 Å². The number of hydrogen-bond donors (Lipinski definition) is 0. The number of hydrogen-bond acceptors (Lipinski definition) is 2. The first-order valence-electron chi connectivity index (χ1n) is 6.90. The Morgan fingerprint density at radius 2 is 1.89 bits per heavy atom. The van der Waals surface area contributed by atoms with Crippen molar-refractivity contribution in [1.29, 1.82) is 0 Å². The van der Waals surface area contributed by atoms with Crippen molar-refractivity contribution in [2.75, 3.05) is 32.8 Å². The molecule has 0 aromatic carbocycles. The number of ether oxygens (including phenoxy) is 1. The topological polar surface area (TPSA) is 12.5 Å². The Morgan fingerprint density at radius 1 is 1.16 bits per heavy atom. The Hall–Kier alpha value is -1.00. The number of morpholine rings is 1. The maximum Gasteiger partial charge on any atom is 0.161 e. The van der Waals surface area contributed by atoms with Crippen molar-refractivity contribution in [3.05, 3.63) is 35.0 Å². The van der Waals surface area contributed by atoms with Gasteiger partial charge in [-0.3, -0.25) is 4.90 Å². The molecule has 4 heteroatoms. The zero-order valence-electron chi connectivity index (χ0n) is 11.4. The molecule has 0 aromatic heterocycles. The number of allylic oxidation sites excluding steroid dienone is 6. The Morgan fingerprint density at radius 3 is 2.63 bits per heavy atom. The van der Waals surface area contributed by atoms with Gasteiger partial charge in [-0.2, -0.15) is 0 Å². The molecule has 1 fully saturated rings. The van der Waals surface area contributed by atoms with Crippen LogP contribution in [-0.4, -0.2) is 37.7 Å². The molecule has 0 unspecified atom stereocenters. The van der Waals surface area contributed by atoms with Crippen LogP contribution < -0.4 is 0 Å². The third-order valence-electron chi connectivity index (χ3n) is 3.63. The molecule has 0 radical (unpaired) electrons. The minimum atomic E-state index is -0.699. The standard InChI is InChI=1S/C15H21F2NO/c1-12-4-2-5-13(15(17)14(12)16)6-3-7-18-8-10-19-11-9-18/h4-5H,2-3,6-11H2,1H3. The molecule has 2 aliphatic rings. The lowest BCUT2D eigenvalue weighted by Crippen LogP contribution is -2.36. The molecule has 2 nitrogen and oxygen atoms in total. The van der Waals surface area contributed by atoms with E-state index in [1.165, 1.54) is 0 Å². The molecule has 0 aromatic rings. The second kappa shape index (κ2) is 6.96. The van der Waals surface area contributed by atoms with Gasteiger partial charge in [0, 0.05) is 13.1 Å². The highest BCUT2D eigenvalue weighted by Crippen LogP contribution is 2.29. The van der Waals surface area contributed by atoms with E-state index in [1.54, 1.807) is 19.1 Å². The van der Waals surface area contributed by atoms with Crippen molar-refractivity contribution in [3.8, 4) is 0 Å². The number of rotatable bonds is 4. The Kier molecular flexibility index (Phi) is 5.28. The summed E-state index contributed by atoms with van der Waals surface area (Å²) in [4.78, 5) is 2.31. The van der Waals surface area contributed by atoms with Gasteiger partial charge >= 0.3 is 0 Å².